The van der Waals surface area contributed by atoms with Gasteiger partial charge in [-0.05, 0) is 88.4 Å². The number of hydrogen-bond donors (Lipinski definition) is 2. The minimum atomic E-state index is -0.317. The number of nitrogens with zero attached hydrogens (tertiary/aromatic N) is 1. The number of hydrogen-bond acceptors (Lipinski definition) is 4. The van der Waals surface area contributed by atoms with E-state index in [0.29, 0.717) is 18.4 Å². The lowest BCUT2D eigenvalue weighted by molar-refractivity contribution is -0.153. The van der Waals surface area contributed by atoms with E-state index < -0.39 is 0 Å². The van der Waals surface area contributed by atoms with Gasteiger partial charge in [-0.15, -0.1) is 0 Å². The van der Waals surface area contributed by atoms with Crippen LogP contribution in [0.25, 0.3) is 0 Å². The molecule has 3 unspecified atom stereocenters. The molecule has 1 aromatic rings. The third kappa shape index (κ3) is 3.68. The first-order chi connectivity index (χ1) is 14.5. The van der Waals surface area contributed by atoms with Gasteiger partial charge in [0.2, 0.25) is 11.8 Å². The van der Waals surface area contributed by atoms with E-state index in [2.05, 4.69) is 15.5 Å². The normalized spacial score (nSPS) is 36.4. The number of nitrogens with one attached hydrogen (secondary N) is 2. The minimum absolute atomic E-state index is 0.0375. The molecule has 2 N–H and O–H groups in total. The van der Waals surface area contributed by atoms with Crippen LogP contribution in [0.15, 0.2) is 22.8 Å². The van der Waals surface area contributed by atoms with Crippen LogP contribution in [0.1, 0.15) is 76.5 Å². The minimum Gasteiger partial charge on any atom is -0.468 e. The molecule has 2 amide bonds. The lowest BCUT2D eigenvalue weighted by Crippen LogP contribution is -2.66. The summed E-state index contributed by atoms with van der Waals surface area (Å²) >= 11 is 0. The van der Waals surface area contributed by atoms with Gasteiger partial charge in [0.05, 0.1) is 17.7 Å². The number of likely N-dealkylation sites (tertiary alicyclic amines) is 1. The average molecular weight is 414 g/mol. The van der Waals surface area contributed by atoms with Crippen LogP contribution in [0.5, 0.6) is 0 Å². The Morgan fingerprint density at radius 2 is 1.90 bits per heavy atom. The Morgan fingerprint density at radius 1 is 1.17 bits per heavy atom. The highest BCUT2D eigenvalue weighted by atomic mass is 16.3. The van der Waals surface area contributed by atoms with Gasteiger partial charge in [-0.1, -0.05) is 6.42 Å². The molecule has 164 valence electrons. The first-order valence-corrected chi connectivity index (χ1v) is 11.8. The van der Waals surface area contributed by atoms with Gasteiger partial charge in [0.1, 0.15) is 5.76 Å². The zero-order valence-electron chi connectivity index (χ0n) is 18.1. The van der Waals surface area contributed by atoms with Crippen molar-refractivity contribution >= 4 is 11.8 Å². The lowest BCUT2D eigenvalue weighted by atomic mass is 9.46. The Kier molecular flexibility index (Phi) is 5.16. The highest BCUT2D eigenvalue weighted by Crippen LogP contribution is 2.61. The fraction of sp³-hybridized carbons (Fsp3) is 0.750. The average Bonchev–Trinajstić information content (AvgIpc) is 3.21. The summed E-state index contributed by atoms with van der Waals surface area (Å²) < 4.78 is 5.75. The molecular weight excluding hydrogens is 378 g/mol. The van der Waals surface area contributed by atoms with Crippen molar-refractivity contribution in [3.05, 3.63) is 24.2 Å². The molecule has 2 heterocycles. The van der Waals surface area contributed by atoms with Crippen LogP contribution >= 0.6 is 0 Å². The molecule has 0 spiro atoms. The van der Waals surface area contributed by atoms with Crippen molar-refractivity contribution in [1.82, 2.24) is 15.5 Å². The van der Waals surface area contributed by atoms with Gasteiger partial charge in [0, 0.05) is 19.0 Å². The molecule has 4 saturated carbocycles. The van der Waals surface area contributed by atoms with Crippen LogP contribution < -0.4 is 10.6 Å². The number of amides is 2. The fourth-order valence-electron chi connectivity index (χ4n) is 7.55. The van der Waals surface area contributed by atoms with E-state index in [9.17, 15) is 9.59 Å². The summed E-state index contributed by atoms with van der Waals surface area (Å²) in [4.78, 5) is 28.0. The van der Waals surface area contributed by atoms with E-state index in [4.69, 9.17) is 4.42 Å². The van der Waals surface area contributed by atoms with Gasteiger partial charge < -0.3 is 15.1 Å². The van der Waals surface area contributed by atoms with Crippen molar-refractivity contribution in [3.63, 3.8) is 0 Å². The maximum atomic E-state index is 13.6. The largest absolute Gasteiger partial charge is 0.468 e. The SMILES string of the molecule is CC(=O)NC12CC3CC(C1)CC(C(=O)NCC(c1ccco1)N1CCCCC1)(C3)C2. The zero-order chi connectivity index (χ0) is 20.8. The van der Waals surface area contributed by atoms with Crippen molar-refractivity contribution in [1.29, 1.82) is 0 Å². The maximum absolute atomic E-state index is 13.6. The molecule has 1 aromatic heterocycles. The second-order valence-electron chi connectivity index (χ2n) is 10.5. The van der Waals surface area contributed by atoms with Crippen LogP contribution in [-0.2, 0) is 9.59 Å². The molecule has 0 aromatic carbocycles. The van der Waals surface area contributed by atoms with E-state index in [-0.39, 0.29) is 28.8 Å². The Labute approximate surface area is 179 Å². The van der Waals surface area contributed by atoms with Crippen LogP contribution in [0.2, 0.25) is 0 Å². The molecule has 1 aliphatic heterocycles. The molecule has 5 aliphatic rings. The van der Waals surface area contributed by atoms with Crippen molar-refractivity contribution < 1.29 is 14.0 Å². The topological polar surface area (TPSA) is 74.6 Å². The van der Waals surface area contributed by atoms with Gasteiger partial charge in [-0.25, -0.2) is 0 Å². The number of rotatable bonds is 6. The Hall–Kier alpha value is -1.82. The summed E-state index contributed by atoms with van der Waals surface area (Å²) in [6.07, 6.45) is 11.5. The van der Waals surface area contributed by atoms with E-state index in [1.807, 2.05) is 12.1 Å². The molecule has 6 heteroatoms. The summed E-state index contributed by atoms with van der Waals surface area (Å²) in [6.45, 7) is 4.32. The number of carbonyl (C=O) groups excluding carboxylic acids is 2. The molecule has 1 saturated heterocycles. The third-order valence-electron chi connectivity index (χ3n) is 8.14. The first-order valence-electron chi connectivity index (χ1n) is 11.8. The molecule has 0 radical (unpaired) electrons. The number of carbonyl (C=O) groups is 2. The van der Waals surface area contributed by atoms with Crippen LogP contribution in [0.4, 0.5) is 0 Å². The molecule has 5 fully saturated rings. The van der Waals surface area contributed by atoms with Crippen LogP contribution in [0, 0.1) is 17.3 Å². The van der Waals surface area contributed by atoms with E-state index >= 15 is 0 Å². The van der Waals surface area contributed by atoms with E-state index in [1.54, 1.807) is 13.2 Å². The molecule has 6 nitrogen and oxygen atoms in total. The zero-order valence-corrected chi connectivity index (χ0v) is 18.1. The van der Waals surface area contributed by atoms with Crippen molar-refractivity contribution in [2.45, 2.75) is 76.3 Å². The molecule has 4 bridgehead atoms. The van der Waals surface area contributed by atoms with Crippen molar-refractivity contribution in [3.8, 4) is 0 Å². The quantitative estimate of drug-likeness (QED) is 0.750. The smallest absolute Gasteiger partial charge is 0.226 e. The molecule has 4 aliphatic carbocycles. The molecule has 30 heavy (non-hydrogen) atoms. The summed E-state index contributed by atoms with van der Waals surface area (Å²) in [7, 11) is 0. The number of piperidine rings is 1. The van der Waals surface area contributed by atoms with Crippen molar-refractivity contribution in [2.24, 2.45) is 17.3 Å². The van der Waals surface area contributed by atoms with E-state index in [1.165, 1.54) is 25.7 Å². The predicted octanol–water partition coefficient (Wildman–Crippen LogP) is 3.40. The Bertz CT molecular complexity index is 770. The first kappa shape index (κ1) is 20.1. The molecule has 3 atom stereocenters. The standard InChI is InChI=1S/C24H35N3O3/c1-17(28)26-24-13-18-10-19(14-24)12-23(11-18,16-24)22(29)25-15-20(21-6-5-9-30-21)27-7-3-2-4-8-27/h5-6,9,18-20H,2-4,7-8,10-16H2,1H3,(H,25,29)(H,26,28). The lowest BCUT2D eigenvalue weighted by Gasteiger charge is -2.61. The summed E-state index contributed by atoms with van der Waals surface area (Å²) in [5.41, 5.74) is -0.483. The van der Waals surface area contributed by atoms with Gasteiger partial charge in [-0.2, -0.15) is 0 Å². The van der Waals surface area contributed by atoms with Gasteiger partial charge in [-0.3, -0.25) is 14.5 Å². The van der Waals surface area contributed by atoms with Gasteiger partial charge >= 0.3 is 0 Å². The summed E-state index contributed by atoms with van der Waals surface area (Å²) in [5.74, 6) is 2.30. The number of furan rings is 1. The maximum Gasteiger partial charge on any atom is 0.226 e. The second-order valence-corrected chi connectivity index (χ2v) is 10.5. The third-order valence-corrected chi connectivity index (χ3v) is 8.14. The van der Waals surface area contributed by atoms with E-state index in [0.717, 1.165) is 51.0 Å². The predicted molar refractivity (Wildman–Crippen MR) is 114 cm³/mol. The summed E-state index contributed by atoms with van der Waals surface area (Å²) in [6, 6.07) is 4.06. The van der Waals surface area contributed by atoms with Gasteiger partial charge in [0.25, 0.3) is 0 Å². The molecular formula is C24H35N3O3. The molecule has 6 rings (SSSR count). The van der Waals surface area contributed by atoms with Crippen molar-refractivity contribution in [2.75, 3.05) is 19.6 Å². The van der Waals surface area contributed by atoms with Crippen LogP contribution in [-0.4, -0.2) is 41.9 Å². The Morgan fingerprint density at radius 3 is 2.53 bits per heavy atom. The highest BCUT2D eigenvalue weighted by molar-refractivity contribution is 5.84. The fourth-order valence-corrected chi connectivity index (χ4v) is 7.55. The highest BCUT2D eigenvalue weighted by Gasteiger charge is 2.60. The monoisotopic (exact) mass is 413 g/mol. The van der Waals surface area contributed by atoms with Crippen LogP contribution in [0.3, 0.4) is 0 Å². The second kappa shape index (κ2) is 7.70. The Balaban J connectivity index is 1.31. The van der Waals surface area contributed by atoms with Gasteiger partial charge in [0.15, 0.2) is 0 Å². The summed E-state index contributed by atoms with van der Waals surface area (Å²) in [5, 5.41) is 6.61.